The molecule has 0 fully saturated rings. The summed E-state index contributed by atoms with van der Waals surface area (Å²) in [6, 6.07) is 14.6. The monoisotopic (exact) mass is 400 g/mol. The highest BCUT2D eigenvalue weighted by Crippen LogP contribution is 2.16. The van der Waals surface area contributed by atoms with Gasteiger partial charge in [0.15, 0.2) is 0 Å². The fraction of sp³-hybridized carbons (Fsp3) is 0.391. The molecule has 0 bridgehead atoms. The third-order valence-electron chi connectivity index (χ3n) is 4.37. The van der Waals surface area contributed by atoms with Crippen molar-refractivity contribution in [1.29, 1.82) is 0 Å². The summed E-state index contributed by atoms with van der Waals surface area (Å²) < 4.78 is 0. The zero-order valence-corrected chi connectivity index (χ0v) is 18.0. The first kappa shape index (κ1) is 22.0. The molecule has 0 aliphatic rings. The summed E-state index contributed by atoms with van der Waals surface area (Å²) in [6.45, 7) is 9.96. The Bertz CT molecular complexity index is 825. The van der Waals surface area contributed by atoms with Gasteiger partial charge in [-0.2, -0.15) is 0 Å². The van der Waals surface area contributed by atoms with Crippen molar-refractivity contribution < 1.29 is 9.59 Å². The smallest absolute Gasteiger partial charge is 0.242 e. The van der Waals surface area contributed by atoms with E-state index in [1.165, 1.54) is 0 Å². The number of hydrogen-bond acceptors (Lipinski definition) is 2. The van der Waals surface area contributed by atoms with E-state index in [1.807, 2.05) is 64.1 Å². The third-order valence-corrected chi connectivity index (χ3v) is 4.62. The SMILES string of the molecule is Cc1cccc(CN(C(=O)Cc2ccc(Cl)cc2)[C@H](C)C(=O)NC(C)(C)C)c1. The molecular weight excluding hydrogens is 372 g/mol. The molecule has 1 atom stereocenters. The Labute approximate surface area is 172 Å². The van der Waals surface area contributed by atoms with Gasteiger partial charge in [0.2, 0.25) is 11.8 Å². The Hall–Kier alpha value is -2.33. The normalized spacial score (nSPS) is 12.4. The Morgan fingerprint density at radius 2 is 1.71 bits per heavy atom. The quantitative estimate of drug-likeness (QED) is 0.774. The lowest BCUT2D eigenvalue weighted by Crippen LogP contribution is -2.52. The maximum atomic E-state index is 13.1. The minimum atomic E-state index is -0.584. The van der Waals surface area contributed by atoms with Crippen molar-refractivity contribution in [3.8, 4) is 0 Å². The van der Waals surface area contributed by atoms with Crippen LogP contribution in [0.1, 0.15) is 44.4 Å². The third kappa shape index (κ3) is 6.68. The standard InChI is InChI=1S/C23H29ClN2O2/c1-16-7-6-8-19(13-16)15-26(17(2)22(28)25-23(3,4)5)21(27)14-18-9-11-20(24)12-10-18/h6-13,17H,14-15H2,1-5H3,(H,25,28)/t17-/m1/s1. The molecule has 0 aliphatic carbocycles. The number of rotatable bonds is 6. The second-order valence-electron chi connectivity index (χ2n) is 8.23. The van der Waals surface area contributed by atoms with Crippen LogP contribution in [0.2, 0.25) is 5.02 Å². The molecule has 0 heterocycles. The summed E-state index contributed by atoms with van der Waals surface area (Å²) in [5.41, 5.74) is 2.63. The second-order valence-corrected chi connectivity index (χ2v) is 8.67. The molecule has 0 aromatic heterocycles. The van der Waals surface area contributed by atoms with Gasteiger partial charge in [0.05, 0.1) is 6.42 Å². The van der Waals surface area contributed by atoms with Crippen LogP contribution in [0, 0.1) is 6.92 Å². The number of aryl methyl sites for hydroxylation is 1. The number of carbonyl (C=O) groups is 2. The van der Waals surface area contributed by atoms with Crippen LogP contribution in [0.15, 0.2) is 48.5 Å². The number of halogens is 1. The van der Waals surface area contributed by atoms with Crippen LogP contribution in [0.4, 0.5) is 0 Å². The zero-order valence-electron chi connectivity index (χ0n) is 17.3. The van der Waals surface area contributed by atoms with Crippen molar-refractivity contribution in [2.24, 2.45) is 0 Å². The maximum absolute atomic E-state index is 13.1. The van der Waals surface area contributed by atoms with Crippen molar-refractivity contribution in [2.45, 2.75) is 59.2 Å². The molecule has 0 saturated carbocycles. The van der Waals surface area contributed by atoms with Crippen LogP contribution in [0.3, 0.4) is 0 Å². The average Bonchev–Trinajstić information content (AvgIpc) is 2.59. The highest BCUT2D eigenvalue weighted by molar-refractivity contribution is 6.30. The Morgan fingerprint density at radius 1 is 1.07 bits per heavy atom. The minimum Gasteiger partial charge on any atom is -0.350 e. The summed E-state index contributed by atoms with van der Waals surface area (Å²) in [6.07, 6.45) is 0.218. The fourth-order valence-electron chi connectivity index (χ4n) is 2.94. The Kier molecular flexibility index (Phi) is 7.25. The van der Waals surface area contributed by atoms with Crippen molar-refractivity contribution in [3.63, 3.8) is 0 Å². The molecule has 1 N–H and O–H groups in total. The van der Waals surface area contributed by atoms with E-state index in [0.717, 1.165) is 16.7 Å². The predicted molar refractivity (Wildman–Crippen MR) is 114 cm³/mol. The molecule has 0 saturated heterocycles. The predicted octanol–water partition coefficient (Wildman–Crippen LogP) is 4.52. The topological polar surface area (TPSA) is 49.4 Å². The molecule has 0 aliphatic heterocycles. The Balaban J connectivity index is 2.24. The number of amides is 2. The van der Waals surface area contributed by atoms with E-state index in [2.05, 4.69) is 5.32 Å². The number of nitrogens with one attached hydrogen (secondary N) is 1. The van der Waals surface area contributed by atoms with Gasteiger partial charge in [-0.25, -0.2) is 0 Å². The molecule has 2 aromatic rings. The summed E-state index contributed by atoms with van der Waals surface area (Å²) in [4.78, 5) is 27.5. The van der Waals surface area contributed by atoms with Crippen molar-refractivity contribution >= 4 is 23.4 Å². The van der Waals surface area contributed by atoms with Gasteiger partial charge in [-0.1, -0.05) is 53.6 Å². The minimum absolute atomic E-state index is 0.0969. The number of carbonyl (C=O) groups excluding carboxylic acids is 2. The maximum Gasteiger partial charge on any atom is 0.242 e. The van der Waals surface area contributed by atoms with Crippen LogP contribution >= 0.6 is 11.6 Å². The lowest BCUT2D eigenvalue weighted by molar-refractivity contribution is -0.140. The van der Waals surface area contributed by atoms with Gasteiger partial charge in [-0.05, 0) is 57.9 Å². The molecular formula is C23H29ClN2O2. The summed E-state index contributed by atoms with van der Waals surface area (Å²) in [5.74, 6) is -0.259. The first-order valence-electron chi connectivity index (χ1n) is 9.46. The average molecular weight is 401 g/mol. The van der Waals surface area contributed by atoms with Crippen LogP contribution in [-0.2, 0) is 22.6 Å². The van der Waals surface area contributed by atoms with Crippen LogP contribution in [0.5, 0.6) is 0 Å². The molecule has 0 spiro atoms. The largest absolute Gasteiger partial charge is 0.350 e. The first-order valence-corrected chi connectivity index (χ1v) is 9.84. The van der Waals surface area contributed by atoms with Gasteiger partial charge in [-0.15, -0.1) is 0 Å². The summed E-state index contributed by atoms with van der Waals surface area (Å²) >= 11 is 5.94. The van der Waals surface area contributed by atoms with E-state index in [0.29, 0.717) is 11.6 Å². The molecule has 0 radical (unpaired) electrons. The highest BCUT2D eigenvalue weighted by atomic mass is 35.5. The number of nitrogens with zero attached hydrogens (tertiary/aromatic N) is 1. The van der Waals surface area contributed by atoms with Gasteiger partial charge in [0, 0.05) is 17.1 Å². The van der Waals surface area contributed by atoms with E-state index in [1.54, 1.807) is 24.0 Å². The molecule has 2 aromatic carbocycles. The van der Waals surface area contributed by atoms with Gasteiger partial charge in [-0.3, -0.25) is 9.59 Å². The number of benzene rings is 2. The highest BCUT2D eigenvalue weighted by Gasteiger charge is 2.28. The summed E-state index contributed by atoms with van der Waals surface area (Å²) in [5, 5.41) is 3.60. The molecule has 0 unspecified atom stereocenters. The van der Waals surface area contributed by atoms with Gasteiger partial charge >= 0.3 is 0 Å². The lowest BCUT2D eigenvalue weighted by Gasteiger charge is -2.31. The van der Waals surface area contributed by atoms with E-state index in [4.69, 9.17) is 11.6 Å². The van der Waals surface area contributed by atoms with Gasteiger partial charge in [0.1, 0.15) is 6.04 Å². The van der Waals surface area contributed by atoms with E-state index < -0.39 is 6.04 Å². The Morgan fingerprint density at radius 3 is 2.29 bits per heavy atom. The molecule has 4 nitrogen and oxygen atoms in total. The second kappa shape index (κ2) is 9.24. The van der Waals surface area contributed by atoms with E-state index >= 15 is 0 Å². The molecule has 2 rings (SSSR count). The van der Waals surface area contributed by atoms with Crippen molar-refractivity contribution in [3.05, 3.63) is 70.2 Å². The molecule has 150 valence electrons. The molecule has 28 heavy (non-hydrogen) atoms. The van der Waals surface area contributed by atoms with Crippen molar-refractivity contribution in [1.82, 2.24) is 10.2 Å². The zero-order chi connectivity index (χ0) is 20.9. The van der Waals surface area contributed by atoms with Crippen molar-refractivity contribution in [2.75, 3.05) is 0 Å². The van der Waals surface area contributed by atoms with Crippen LogP contribution in [0.25, 0.3) is 0 Å². The van der Waals surface area contributed by atoms with Crippen LogP contribution < -0.4 is 5.32 Å². The van der Waals surface area contributed by atoms with Gasteiger partial charge in [0.25, 0.3) is 0 Å². The lowest BCUT2D eigenvalue weighted by atomic mass is 10.1. The van der Waals surface area contributed by atoms with Gasteiger partial charge < -0.3 is 10.2 Å². The fourth-order valence-corrected chi connectivity index (χ4v) is 3.07. The van der Waals surface area contributed by atoms with Crippen LogP contribution in [-0.4, -0.2) is 28.3 Å². The first-order chi connectivity index (χ1) is 13.0. The molecule has 2 amide bonds. The molecule has 5 heteroatoms. The van der Waals surface area contributed by atoms with E-state index in [-0.39, 0.29) is 23.8 Å². The van der Waals surface area contributed by atoms with E-state index in [9.17, 15) is 9.59 Å². The summed E-state index contributed by atoms with van der Waals surface area (Å²) in [7, 11) is 0. The number of hydrogen-bond donors (Lipinski definition) is 1.